The van der Waals surface area contributed by atoms with Crippen molar-refractivity contribution in [3.05, 3.63) is 118 Å². The van der Waals surface area contributed by atoms with E-state index < -0.39 is 35.8 Å². The van der Waals surface area contributed by atoms with Crippen LogP contribution in [0.5, 0.6) is 0 Å². The lowest BCUT2D eigenvalue weighted by molar-refractivity contribution is -0.206. The Morgan fingerprint density at radius 1 is 0.510 bits per heavy atom. The fourth-order valence-corrected chi connectivity index (χ4v) is 6.75. The third-order valence-corrected chi connectivity index (χ3v) is 9.63. The van der Waals surface area contributed by atoms with Crippen molar-refractivity contribution in [2.75, 3.05) is 39.6 Å². The molecule has 0 unspecified atom stereocenters. The third-order valence-electron chi connectivity index (χ3n) is 9.63. The van der Waals surface area contributed by atoms with E-state index in [0.29, 0.717) is 60.5 Å². The fraction of sp³-hybridized carbons (Fsp3) is 0.429. The Kier molecular flexibility index (Phi) is 12.9. The molecule has 2 aliphatic heterocycles. The second kappa shape index (κ2) is 17.8. The highest BCUT2D eigenvalue weighted by Crippen LogP contribution is 2.32. The second-order valence-corrected chi connectivity index (χ2v) is 13.5. The molecule has 272 valence electrons. The monoisotopic (exact) mass is 706 g/mol. The Hall–Kier alpha value is -3.60. The molecule has 0 atom stereocenters. The molecular weight excluding hydrogens is 660 g/mol. The summed E-state index contributed by atoms with van der Waals surface area (Å²) in [6, 6.07) is 19.8. The summed E-state index contributed by atoms with van der Waals surface area (Å²) < 4.78 is 89.2. The van der Waals surface area contributed by atoms with Crippen LogP contribution in [-0.4, -0.2) is 39.6 Å². The van der Waals surface area contributed by atoms with Crippen molar-refractivity contribution in [1.82, 2.24) is 0 Å². The van der Waals surface area contributed by atoms with Crippen LogP contribution in [0.2, 0.25) is 0 Å². The van der Waals surface area contributed by atoms with E-state index in [2.05, 4.69) is 13.8 Å². The molecule has 5 nitrogen and oxygen atoms in total. The number of rotatable bonds is 14. The highest BCUT2D eigenvalue weighted by atomic mass is 19.1. The van der Waals surface area contributed by atoms with Crippen molar-refractivity contribution in [2.24, 2.45) is 11.8 Å². The fourth-order valence-electron chi connectivity index (χ4n) is 6.75. The molecule has 0 amide bonds. The van der Waals surface area contributed by atoms with Crippen molar-refractivity contribution in [3.8, 4) is 22.3 Å². The predicted octanol–water partition coefficient (Wildman–Crippen LogP) is 10.3. The summed E-state index contributed by atoms with van der Waals surface area (Å²) in [6.07, 6.45) is 3.33. The molecular formula is C42H46F4O5. The van der Waals surface area contributed by atoms with Gasteiger partial charge in [-0.05, 0) is 59.4 Å². The minimum Gasteiger partial charge on any atom is -0.381 e. The van der Waals surface area contributed by atoms with Gasteiger partial charge in [0, 0.05) is 46.9 Å². The van der Waals surface area contributed by atoms with Gasteiger partial charge in [0.1, 0.15) is 23.3 Å². The van der Waals surface area contributed by atoms with E-state index in [1.54, 1.807) is 24.3 Å². The first kappa shape index (κ1) is 37.2. The first-order valence-corrected chi connectivity index (χ1v) is 18.0. The van der Waals surface area contributed by atoms with Crippen LogP contribution in [-0.2, 0) is 36.5 Å². The van der Waals surface area contributed by atoms with Crippen LogP contribution in [0.25, 0.3) is 22.3 Å². The molecule has 6 rings (SSSR count). The van der Waals surface area contributed by atoms with Crippen LogP contribution in [0.4, 0.5) is 17.6 Å². The molecule has 0 bridgehead atoms. The Morgan fingerprint density at radius 2 is 0.843 bits per heavy atom. The van der Waals surface area contributed by atoms with E-state index in [9.17, 15) is 0 Å². The number of ether oxygens (including phenoxy) is 5. The molecule has 2 fully saturated rings. The van der Waals surface area contributed by atoms with Crippen molar-refractivity contribution < 1.29 is 41.2 Å². The standard InChI is InChI=1S/C42H46F4O5/c1-3-5-27-23-48-41(49-24-27)31-11-7-29(8-12-31)33-19-37(43)35(38(44)20-33)15-17-47-18-16-36-39(45)21-34(22-40(36)46)30-9-13-32(14-10-30)42-50-25-28(6-4-2)26-51-42/h7-14,19-22,27-28,41-42H,3-6,15-18,23-26H2,1-2H3. The lowest BCUT2D eigenvalue weighted by Gasteiger charge is -2.29. The molecule has 9 heteroatoms. The molecule has 0 radical (unpaired) electrons. The van der Waals surface area contributed by atoms with Gasteiger partial charge in [0.25, 0.3) is 0 Å². The molecule has 2 heterocycles. The average Bonchev–Trinajstić information content (AvgIpc) is 3.14. The maximum atomic E-state index is 15.0. The smallest absolute Gasteiger partial charge is 0.183 e. The van der Waals surface area contributed by atoms with Crippen LogP contribution in [0.15, 0.2) is 72.8 Å². The van der Waals surface area contributed by atoms with Gasteiger partial charge < -0.3 is 23.7 Å². The van der Waals surface area contributed by atoms with E-state index >= 15 is 17.6 Å². The first-order chi connectivity index (χ1) is 24.8. The zero-order chi connectivity index (χ0) is 35.7. The maximum Gasteiger partial charge on any atom is 0.183 e. The highest BCUT2D eigenvalue weighted by molar-refractivity contribution is 5.65. The second-order valence-electron chi connectivity index (χ2n) is 13.5. The molecule has 0 spiro atoms. The van der Waals surface area contributed by atoms with Gasteiger partial charge in [-0.2, -0.15) is 0 Å². The lowest BCUT2D eigenvalue weighted by Crippen LogP contribution is -2.26. The van der Waals surface area contributed by atoms with E-state index in [1.165, 1.54) is 24.3 Å². The van der Waals surface area contributed by atoms with E-state index in [-0.39, 0.29) is 37.2 Å². The Labute approximate surface area is 297 Å². The van der Waals surface area contributed by atoms with E-state index in [0.717, 1.165) is 36.8 Å². The predicted molar refractivity (Wildman–Crippen MR) is 188 cm³/mol. The minimum atomic E-state index is -0.682. The van der Waals surface area contributed by atoms with Crippen LogP contribution < -0.4 is 0 Å². The summed E-state index contributed by atoms with van der Waals surface area (Å²) in [4.78, 5) is 0. The van der Waals surface area contributed by atoms with Crippen LogP contribution >= 0.6 is 0 Å². The average molecular weight is 707 g/mol. The molecule has 4 aromatic rings. The lowest BCUT2D eigenvalue weighted by atomic mass is 10.00. The number of hydrogen-bond acceptors (Lipinski definition) is 5. The van der Waals surface area contributed by atoms with Gasteiger partial charge >= 0.3 is 0 Å². The number of hydrogen-bond donors (Lipinski definition) is 0. The van der Waals surface area contributed by atoms with Gasteiger partial charge in [-0.3, -0.25) is 0 Å². The van der Waals surface area contributed by atoms with Crippen molar-refractivity contribution in [1.29, 1.82) is 0 Å². The van der Waals surface area contributed by atoms with Gasteiger partial charge in [-0.1, -0.05) is 75.2 Å². The van der Waals surface area contributed by atoms with Crippen molar-refractivity contribution in [3.63, 3.8) is 0 Å². The first-order valence-electron chi connectivity index (χ1n) is 18.0. The van der Waals surface area contributed by atoms with Crippen molar-refractivity contribution >= 4 is 0 Å². The van der Waals surface area contributed by atoms with Gasteiger partial charge in [0.2, 0.25) is 0 Å². The highest BCUT2D eigenvalue weighted by Gasteiger charge is 2.24. The summed E-state index contributed by atoms with van der Waals surface area (Å²) in [5.41, 5.74) is 3.65. The largest absolute Gasteiger partial charge is 0.381 e. The summed E-state index contributed by atoms with van der Waals surface area (Å²) in [6.45, 7) is 6.83. The summed E-state index contributed by atoms with van der Waals surface area (Å²) in [5, 5.41) is 0. The topological polar surface area (TPSA) is 46.2 Å². The van der Waals surface area contributed by atoms with Gasteiger partial charge in [-0.15, -0.1) is 0 Å². The van der Waals surface area contributed by atoms with Gasteiger partial charge in [-0.25, -0.2) is 17.6 Å². The summed E-state index contributed by atoms with van der Waals surface area (Å²) in [5.74, 6) is -1.93. The summed E-state index contributed by atoms with van der Waals surface area (Å²) in [7, 11) is 0. The summed E-state index contributed by atoms with van der Waals surface area (Å²) >= 11 is 0. The normalized spacial score (nSPS) is 20.8. The van der Waals surface area contributed by atoms with E-state index in [4.69, 9.17) is 23.7 Å². The molecule has 0 saturated carbocycles. The molecule has 0 aliphatic carbocycles. The van der Waals surface area contributed by atoms with Gasteiger partial charge in [0.05, 0.1) is 39.6 Å². The number of benzene rings is 4. The van der Waals surface area contributed by atoms with Crippen molar-refractivity contribution in [2.45, 2.75) is 65.0 Å². The molecule has 2 saturated heterocycles. The zero-order valence-corrected chi connectivity index (χ0v) is 29.3. The van der Waals surface area contributed by atoms with Crippen LogP contribution in [0, 0.1) is 35.1 Å². The molecule has 0 N–H and O–H groups in total. The quantitative estimate of drug-likeness (QED) is 0.0965. The Bertz CT molecular complexity index is 1540. The SMILES string of the molecule is CCCC1COC(c2ccc(-c3cc(F)c(CCOCCc4c(F)cc(-c5ccc(C6OCC(CCC)CO6)cc5)cc4F)c(F)c3)cc2)OC1. The molecule has 51 heavy (non-hydrogen) atoms. The van der Waals surface area contributed by atoms with Crippen LogP contribution in [0.3, 0.4) is 0 Å². The molecule has 2 aliphatic rings. The van der Waals surface area contributed by atoms with Gasteiger partial charge in [0.15, 0.2) is 12.6 Å². The third kappa shape index (κ3) is 9.45. The molecule has 0 aromatic heterocycles. The Balaban J connectivity index is 0.977. The van der Waals surface area contributed by atoms with Crippen LogP contribution in [0.1, 0.15) is 74.4 Å². The minimum absolute atomic E-state index is 0.0102. The number of halogens is 4. The zero-order valence-electron chi connectivity index (χ0n) is 29.3. The maximum absolute atomic E-state index is 15.0. The Morgan fingerprint density at radius 3 is 1.16 bits per heavy atom. The van der Waals surface area contributed by atoms with E-state index in [1.807, 2.05) is 24.3 Å². The molecule has 4 aromatic carbocycles.